The van der Waals surface area contributed by atoms with Crippen LogP contribution in [0.3, 0.4) is 0 Å². The van der Waals surface area contributed by atoms with Crippen LogP contribution in [0.2, 0.25) is 18.1 Å². The molecule has 0 aliphatic rings. The standard InChI is InChI=1S/C18H32O4Si/c1-18(2,3)23(5,6)22-14-17(16-10-8-7-9-11-16)21-15-20-13-12-19-4/h7-11,17H,12-15H2,1-6H3/t17-/m1/s1. The third-order valence-electron chi connectivity index (χ3n) is 4.36. The molecule has 0 unspecified atom stereocenters. The maximum absolute atomic E-state index is 6.32. The Morgan fingerprint density at radius 2 is 1.70 bits per heavy atom. The topological polar surface area (TPSA) is 36.9 Å². The van der Waals surface area contributed by atoms with E-state index in [9.17, 15) is 0 Å². The lowest BCUT2D eigenvalue weighted by Gasteiger charge is -2.37. The molecule has 0 bridgehead atoms. The van der Waals surface area contributed by atoms with Crippen molar-refractivity contribution in [2.75, 3.05) is 33.7 Å². The average Bonchev–Trinajstić information content (AvgIpc) is 2.49. The first-order chi connectivity index (χ1) is 10.8. The molecule has 0 aliphatic carbocycles. The van der Waals surface area contributed by atoms with E-state index in [0.717, 1.165) is 5.56 Å². The SMILES string of the molecule is COCCOCO[C@H](CO[Si](C)(C)C(C)(C)C)c1ccccc1. The summed E-state index contributed by atoms with van der Waals surface area (Å²) >= 11 is 0. The van der Waals surface area contributed by atoms with Gasteiger partial charge in [-0.25, -0.2) is 0 Å². The van der Waals surface area contributed by atoms with E-state index in [2.05, 4.69) is 46.0 Å². The first-order valence-corrected chi connectivity index (χ1v) is 11.1. The number of hydrogen-bond acceptors (Lipinski definition) is 4. The predicted molar refractivity (Wildman–Crippen MR) is 96.1 cm³/mol. The van der Waals surface area contributed by atoms with E-state index < -0.39 is 8.32 Å². The van der Waals surface area contributed by atoms with Gasteiger partial charge in [0.05, 0.1) is 19.8 Å². The van der Waals surface area contributed by atoms with E-state index in [1.54, 1.807) is 7.11 Å². The largest absolute Gasteiger partial charge is 0.414 e. The molecule has 1 atom stereocenters. The van der Waals surface area contributed by atoms with Crippen LogP contribution < -0.4 is 0 Å². The van der Waals surface area contributed by atoms with Gasteiger partial charge in [-0.3, -0.25) is 0 Å². The van der Waals surface area contributed by atoms with Crippen LogP contribution in [0.4, 0.5) is 0 Å². The highest BCUT2D eigenvalue weighted by Crippen LogP contribution is 2.37. The maximum Gasteiger partial charge on any atom is 0.192 e. The van der Waals surface area contributed by atoms with Gasteiger partial charge in [0.1, 0.15) is 12.9 Å². The summed E-state index contributed by atoms with van der Waals surface area (Å²) < 4.78 is 22.6. The van der Waals surface area contributed by atoms with Gasteiger partial charge in [0.25, 0.3) is 0 Å². The Morgan fingerprint density at radius 3 is 2.26 bits per heavy atom. The van der Waals surface area contributed by atoms with Crippen LogP contribution in [0.1, 0.15) is 32.4 Å². The average molecular weight is 341 g/mol. The van der Waals surface area contributed by atoms with Crippen molar-refractivity contribution in [3.63, 3.8) is 0 Å². The van der Waals surface area contributed by atoms with Gasteiger partial charge in [0.15, 0.2) is 8.32 Å². The van der Waals surface area contributed by atoms with Gasteiger partial charge in [-0.05, 0) is 23.7 Å². The molecule has 132 valence electrons. The van der Waals surface area contributed by atoms with Gasteiger partial charge < -0.3 is 18.6 Å². The highest BCUT2D eigenvalue weighted by atomic mass is 28.4. The second-order valence-electron chi connectivity index (χ2n) is 7.16. The van der Waals surface area contributed by atoms with Gasteiger partial charge in [-0.1, -0.05) is 51.1 Å². The lowest BCUT2D eigenvalue weighted by molar-refractivity contribution is -0.109. The van der Waals surface area contributed by atoms with E-state index in [0.29, 0.717) is 19.8 Å². The van der Waals surface area contributed by atoms with Crippen molar-refractivity contribution < 1.29 is 18.6 Å². The Hall–Kier alpha value is -0.723. The Kier molecular flexibility index (Phi) is 8.43. The summed E-state index contributed by atoms with van der Waals surface area (Å²) in [5.74, 6) is 0. The van der Waals surface area contributed by atoms with Crippen LogP contribution in [0.5, 0.6) is 0 Å². The fraction of sp³-hybridized carbons (Fsp3) is 0.667. The summed E-state index contributed by atoms with van der Waals surface area (Å²) in [4.78, 5) is 0. The number of benzene rings is 1. The maximum atomic E-state index is 6.32. The van der Waals surface area contributed by atoms with E-state index in [1.165, 1.54) is 0 Å². The quantitative estimate of drug-likeness (QED) is 0.360. The van der Waals surface area contributed by atoms with Gasteiger partial charge in [-0.15, -0.1) is 0 Å². The molecule has 0 saturated carbocycles. The second kappa shape index (κ2) is 9.54. The van der Waals surface area contributed by atoms with Crippen LogP contribution in [0.15, 0.2) is 30.3 Å². The summed E-state index contributed by atoms with van der Waals surface area (Å²) in [5.41, 5.74) is 1.11. The lowest BCUT2D eigenvalue weighted by Crippen LogP contribution is -2.42. The molecule has 23 heavy (non-hydrogen) atoms. The zero-order chi connectivity index (χ0) is 17.3. The van der Waals surface area contributed by atoms with Gasteiger partial charge in [0, 0.05) is 7.11 Å². The second-order valence-corrected chi connectivity index (χ2v) is 12.0. The molecule has 0 radical (unpaired) electrons. The number of ether oxygens (including phenoxy) is 3. The number of methoxy groups -OCH3 is 1. The summed E-state index contributed by atoms with van der Waals surface area (Å²) in [5, 5.41) is 0.184. The van der Waals surface area contributed by atoms with Gasteiger partial charge in [-0.2, -0.15) is 0 Å². The zero-order valence-electron chi connectivity index (χ0n) is 15.4. The Labute approximate surface area is 142 Å². The summed E-state index contributed by atoms with van der Waals surface area (Å²) in [6, 6.07) is 10.2. The van der Waals surface area contributed by atoms with E-state index >= 15 is 0 Å². The van der Waals surface area contributed by atoms with Crippen LogP contribution in [0, 0.1) is 0 Å². The molecule has 0 N–H and O–H groups in total. The third kappa shape index (κ3) is 7.14. The molecular formula is C18H32O4Si. The van der Waals surface area contributed by atoms with Crippen molar-refractivity contribution in [1.29, 1.82) is 0 Å². The molecule has 0 aliphatic heterocycles. The smallest absolute Gasteiger partial charge is 0.192 e. The van der Waals surface area contributed by atoms with Crippen LogP contribution >= 0.6 is 0 Å². The molecule has 0 spiro atoms. The van der Waals surface area contributed by atoms with E-state index in [-0.39, 0.29) is 17.9 Å². The summed E-state index contributed by atoms with van der Waals surface area (Å²) in [7, 11) is -0.145. The van der Waals surface area contributed by atoms with Crippen molar-refractivity contribution in [2.24, 2.45) is 0 Å². The van der Waals surface area contributed by atoms with E-state index in [4.69, 9.17) is 18.6 Å². The summed E-state index contributed by atoms with van der Waals surface area (Å²) in [6.07, 6.45) is -0.118. The van der Waals surface area contributed by atoms with Crippen molar-refractivity contribution in [2.45, 2.75) is 45.0 Å². The normalized spacial score (nSPS) is 14.0. The minimum atomic E-state index is -1.80. The molecule has 1 aromatic rings. The minimum Gasteiger partial charge on any atom is -0.414 e. The molecule has 0 saturated heterocycles. The highest BCUT2D eigenvalue weighted by Gasteiger charge is 2.37. The van der Waals surface area contributed by atoms with Crippen molar-refractivity contribution in [1.82, 2.24) is 0 Å². The highest BCUT2D eigenvalue weighted by molar-refractivity contribution is 6.74. The minimum absolute atomic E-state index is 0.118. The number of hydrogen-bond donors (Lipinski definition) is 0. The van der Waals surface area contributed by atoms with Crippen molar-refractivity contribution >= 4 is 8.32 Å². The Morgan fingerprint density at radius 1 is 1.04 bits per heavy atom. The fourth-order valence-electron chi connectivity index (χ4n) is 1.74. The molecule has 4 nitrogen and oxygen atoms in total. The third-order valence-corrected chi connectivity index (χ3v) is 8.86. The van der Waals surface area contributed by atoms with Crippen LogP contribution in [-0.2, 0) is 18.6 Å². The summed E-state index contributed by atoms with van der Waals surface area (Å²) in [6.45, 7) is 13.1. The van der Waals surface area contributed by atoms with Gasteiger partial charge >= 0.3 is 0 Å². The molecule has 1 aromatic carbocycles. The zero-order valence-corrected chi connectivity index (χ0v) is 16.4. The first-order valence-electron chi connectivity index (χ1n) is 8.15. The predicted octanol–water partition coefficient (Wildman–Crippen LogP) is 4.39. The number of rotatable bonds is 10. The monoisotopic (exact) mass is 340 g/mol. The first kappa shape index (κ1) is 20.3. The van der Waals surface area contributed by atoms with Crippen molar-refractivity contribution in [3.8, 4) is 0 Å². The Bertz CT molecular complexity index is 428. The molecule has 0 fully saturated rings. The van der Waals surface area contributed by atoms with Crippen molar-refractivity contribution in [3.05, 3.63) is 35.9 Å². The van der Waals surface area contributed by atoms with Gasteiger partial charge in [0.2, 0.25) is 0 Å². The molecule has 0 aromatic heterocycles. The molecular weight excluding hydrogens is 308 g/mol. The lowest BCUT2D eigenvalue weighted by atomic mass is 10.1. The van der Waals surface area contributed by atoms with E-state index in [1.807, 2.05) is 18.2 Å². The van der Waals surface area contributed by atoms with Crippen LogP contribution in [0.25, 0.3) is 0 Å². The Balaban J connectivity index is 2.62. The molecule has 1 rings (SSSR count). The molecule has 5 heteroatoms. The molecule has 0 heterocycles. The fourth-order valence-corrected chi connectivity index (χ4v) is 2.74. The molecule has 0 amide bonds. The van der Waals surface area contributed by atoms with Crippen LogP contribution in [-0.4, -0.2) is 42.0 Å².